The summed E-state index contributed by atoms with van der Waals surface area (Å²) in [6, 6.07) is 8.72. The van der Waals surface area contributed by atoms with Gasteiger partial charge >= 0.3 is 0 Å². The van der Waals surface area contributed by atoms with Crippen molar-refractivity contribution < 1.29 is 13.6 Å². The molecule has 0 saturated heterocycles. The third-order valence-corrected chi connectivity index (χ3v) is 5.08. The number of halogens is 1. The second-order valence-electron chi connectivity index (χ2n) is 6.36. The summed E-state index contributed by atoms with van der Waals surface area (Å²) in [5.41, 5.74) is 1.43. The molecule has 3 aromatic rings. The molecule has 0 spiro atoms. The number of hydrogen-bond acceptors (Lipinski definition) is 5. The molecule has 0 aliphatic heterocycles. The highest BCUT2D eigenvalue weighted by Gasteiger charge is 2.32. The van der Waals surface area contributed by atoms with E-state index in [2.05, 4.69) is 10.2 Å². The van der Waals surface area contributed by atoms with Gasteiger partial charge in [-0.05, 0) is 30.4 Å². The number of carbonyl (C=O) groups excluding carboxylic acids is 1. The van der Waals surface area contributed by atoms with Crippen molar-refractivity contribution in [1.29, 1.82) is 0 Å². The van der Waals surface area contributed by atoms with Crippen LogP contribution < -0.4 is 0 Å². The summed E-state index contributed by atoms with van der Waals surface area (Å²) in [6.07, 6.45) is 2.61. The highest BCUT2D eigenvalue weighted by atomic mass is 32.1. The summed E-state index contributed by atoms with van der Waals surface area (Å²) in [6.45, 7) is 0.306. The van der Waals surface area contributed by atoms with Crippen LogP contribution in [0.2, 0.25) is 0 Å². The van der Waals surface area contributed by atoms with Crippen molar-refractivity contribution in [2.45, 2.75) is 38.3 Å². The van der Waals surface area contributed by atoms with Gasteiger partial charge in [0.2, 0.25) is 17.7 Å². The third kappa shape index (κ3) is 3.83. The van der Waals surface area contributed by atoms with Crippen LogP contribution in [-0.4, -0.2) is 27.0 Å². The second-order valence-corrected chi connectivity index (χ2v) is 7.14. The van der Waals surface area contributed by atoms with E-state index in [0.717, 1.165) is 18.4 Å². The van der Waals surface area contributed by atoms with Crippen molar-refractivity contribution in [3.8, 4) is 11.5 Å². The molecule has 2 aromatic heterocycles. The number of hydrogen-bond donors (Lipinski definition) is 0. The van der Waals surface area contributed by atoms with Crippen molar-refractivity contribution >= 4 is 17.2 Å². The van der Waals surface area contributed by atoms with Gasteiger partial charge in [-0.2, -0.15) is 11.3 Å². The smallest absolute Gasteiger partial charge is 0.248 e. The quantitative estimate of drug-likeness (QED) is 0.628. The molecule has 5 nitrogen and oxygen atoms in total. The molecule has 134 valence electrons. The Morgan fingerprint density at radius 3 is 2.85 bits per heavy atom. The minimum absolute atomic E-state index is 0.00830. The molecule has 0 bridgehead atoms. The van der Waals surface area contributed by atoms with Crippen LogP contribution in [0, 0.1) is 5.82 Å². The largest absolute Gasteiger partial charge is 0.421 e. The number of rotatable bonds is 7. The lowest BCUT2D eigenvalue weighted by molar-refractivity contribution is -0.132. The Hall–Kier alpha value is -2.54. The van der Waals surface area contributed by atoms with Crippen LogP contribution in [0.1, 0.15) is 30.7 Å². The van der Waals surface area contributed by atoms with E-state index in [0.29, 0.717) is 30.3 Å². The summed E-state index contributed by atoms with van der Waals surface area (Å²) in [7, 11) is 0. The Balaban J connectivity index is 1.39. The van der Waals surface area contributed by atoms with E-state index in [1.165, 1.54) is 6.07 Å². The molecule has 1 amide bonds. The van der Waals surface area contributed by atoms with E-state index in [4.69, 9.17) is 4.42 Å². The van der Waals surface area contributed by atoms with E-state index >= 15 is 0 Å². The zero-order valence-corrected chi connectivity index (χ0v) is 14.9. The zero-order chi connectivity index (χ0) is 17.9. The molecule has 0 radical (unpaired) electrons. The zero-order valence-electron chi connectivity index (χ0n) is 14.1. The predicted molar refractivity (Wildman–Crippen MR) is 95.9 cm³/mol. The summed E-state index contributed by atoms with van der Waals surface area (Å²) in [5, 5.41) is 11.9. The average Bonchev–Trinajstić information content (AvgIpc) is 3.14. The lowest BCUT2D eigenvalue weighted by Crippen LogP contribution is -2.33. The topological polar surface area (TPSA) is 59.2 Å². The highest BCUT2D eigenvalue weighted by Crippen LogP contribution is 2.30. The lowest BCUT2D eigenvalue weighted by Gasteiger charge is -2.22. The Morgan fingerprint density at radius 1 is 1.27 bits per heavy atom. The van der Waals surface area contributed by atoms with Crippen molar-refractivity contribution in [2.75, 3.05) is 0 Å². The molecule has 1 aliphatic rings. The van der Waals surface area contributed by atoms with Crippen LogP contribution >= 0.6 is 11.3 Å². The molecular weight excluding hydrogens is 353 g/mol. The maximum atomic E-state index is 13.9. The molecular formula is C19H18FN3O2S. The predicted octanol–water partition coefficient (Wildman–Crippen LogP) is 4.06. The Bertz CT molecular complexity index is 890. The Labute approximate surface area is 154 Å². The molecule has 2 heterocycles. The molecule has 1 aromatic carbocycles. The monoisotopic (exact) mass is 371 g/mol. The van der Waals surface area contributed by atoms with Crippen molar-refractivity contribution in [1.82, 2.24) is 15.1 Å². The molecule has 1 fully saturated rings. The molecule has 1 saturated carbocycles. The van der Waals surface area contributed by atoms with E-state index in [1.807, 2.05) is 16.8 Å². The van der Waals surface area contributed by atoms with Crippen molar-refractivity contribution in [3.05, 3.63) is 58.4 Å². The first-order chi connectivity index (χ1) is 12.7. The number of nitrogens with zero attached hydrogens (tertiary/aromatic N) is 3. The maximum absolute atomic E-state index is 13.9. The van der Waals surface area contributed by atoms with Crippen LogP contribution in [0.4, 0.5) is 4.39 Å². The second kappa shape index (κ2) is 7.37. The number of aromatic nitrogens is 2. The fourth-order valence-electron chi connectivity index (χ4n) is 2.83. The highest BCUT2D eigenvalue weighted by molar-refractivity contribution is 7.08. The normalized spacial score (nSPS) is 13.7. The molecule has 1 aliphatic carbocycles. The van der Waals surface area contributed by atoms with E-state index in [-0.39, 0.29) is 24.2 Å². The summed E-state index contributed by atoms with van der Waals surface area (Å²) in [5.74, 6) is 0.634. The van der Waals surface area contributed by atoms with Gasteiger partial charge in [-0.25, -0.2) is 4.39 Å². The number of aryl methyl sites for hydroxylation is 1. The van der Waals surface area contributed by atoms with Crippen LogP contribution in [0.25, 0.3) is 11.5 Å². The fraction of sp³-hybridized carbons (Fsp3) is 0.316. The minimum Gasteiger partial charge on any atom is -0.421 e. The van der Waals surface area contributed by atoms with E-state index in [1.54, 1.807) is 34.4 Å². The minimum atomic E-state index is -0.275. The number of carbonyl (C=O) groups is 1. The van der Waals surface area contributed by atoms with Crippen molar-refractivity contribution in [3.63, 3.8) is 0 Å². The van der Waals surface area contributed by atoms with Crippen LogP contribution in [0.15, 0.2) is 45.5 Å². The molecule has 0 unspecified atom stereocenters. The number of thiophene rings is 1. The first-order valence-electron chi connectivity index (χ1n) is 8.58. The standard InChI is InChI=1S/C19H18FN3O2S/c20-16-4-2-1-3-13(16)11-23(15-5-6-15)18(24)8-7-17-21-22-19(25-17)14-9-10-26-12-14/h1-4,9-10,12,15H,5-8,11H2. The van der Waals surface area contributed by atoms with Crippen LogP contribution in [-0.2, 0) is 17.8 Å². The summed E-state index contributed by atoms with van der Waals surface area (Å²) < 4.78 is 19.5. The Morgan fingerprint density at radius 2 is 2.12 bits per heavy atom. The van der Waals surface area contributed by atoms with Gasteiger partial charge in [0.15, 0.2) is 0 Å². The molecule has 7 heteroatoms. The van der Waals surface area contributed by atoms with E-state index < -0.39 is 0 Å². The molecule has 26 heavy (non-hydrogen) atoms. The van der Waals surface area contributed by atoms with Crippen molar-refractivity contribution in [2.24, 2.45) is 0 Å². The number of benzene rings is 1. The Kier molecular flexibility index (Phi) is 4.79. The van der Waals surface area contributed by atoms with Gasteiger partial charge in [-0.15, -0.1) is 10.2 Å². The van der Waals surface area contributed by atoms with Gasteiger partial charge < -0.3 is 9.32 Å². The first kappa shape index (κ1) is 16.9. The van der Waals surface area contributed by atoms with Gasteiger partial charge in [0.1, 0.15) is 5.82 Å². The molecule has 0 atom stereocenters. The van der Waals surface area contributed by atoms with Gasteiger partial charge in [0.25, 0.3) is 0 Å². The lowest BCUT2D eigenvalue weighted by atomic mass is 10.2. The van der Waals surface area contributed by atoms with Gasteiger partial charge in [-0.1, -0.05) is 18.2 Å². The summed E-state index contributed by atoms with van der Waals surface area (Å²) >= 11 is 1.56. The van der Waals surface area contributed by atoms with Gasteiger partial charge in [0, 0.05) is 41.9 Å². The molecule has 4 rings (SSSR count). The SMILES string of the molecule is O=C(CCc1nnc(-c2ccsc2)o1)N(Cc1ccccc1F)C1CC1. The average molecular weight is 371 g/mol. The van der Waals surface area contributed by atoms with Gasteiger partial charge in [0.05, 0.1) is 0 Å². The van der Waals surface area contributed by atoms with E-state index in [9.17, 15) is 9.18 Å². The maximum Gasteiger partial charge on any atom is 0.248 e. The molecule has 0 N–H and O–H groups in total. The van der Waals surface area contributed by atoms with Crippen LogP contribution in [0.3, 0.4) is 0 Å². The fourth-order valence-corrected chi connectivity index (χ4v) is 3.46. The third-order valence-electron chi connectivity index (χ3n) is 4.39. The number of amides is 1. The summed E-state index contributed by atoms with van der Waals surface area (Å²) in [4.78, 5) is 14.4. The first-order valence-corrected chi connectivity index (χ1v) is 9.53. The van der Waals surface area contributed by atoms with Gasteiger partial charge in [-0.3, -0.25) is 4.79 Å². The van der Waals surface area contributed by atoms with Crippen LogP contribution in [0.5, 0.6) is 0 Å².